The van der Waals surface area contributed by atoms with Gasteiger partial charge in [-0.15, -0.1) is 0 Å². The van der Waals surface area contributed by atoms with Gasteiger partial charge in [0.25, 0.3) is 11.8 Å². The van der Waals surface area contributed by atoms with Crippen molar-refractivity contribution >= 4 is 45.3 Å². The number of amides is 2. The van der Waals surface area contributed by atoms with Crippen LogP contribution in [0.3, 0.4) is 0 Å². The van der Waals surface area contributed by atoms with Crippen LogP contribution in [0.2, 0.25) is 0 Å². The number of ether oxygens (including phenoxy) is 1. The van der Waals surface area contributed by atoms with Crippen LogP contribution in [-0.4, -0.2) is 38.4 Å². The molecule has 1 unspecified atom stereocenters. The number of rotatable bonds is 4. The first-order valence-corrected chi connectivity index (χ1v) is 14.3. The minimum absolute atomic E-state index is 0.104. The molecular weight excluding hydrogens is 556 g/mol. The van der Waals surface area contributed by atoms with Crippen molar-refractivity contribution in [3.05, 3.63) is 113 Å². The SMILES string of the molecule is NC1COc2cc(C(=O)Nc3ccnc4[nH]ccc34)ccc21.N[C@H]1CCc2cc(C(=O)Nc3ccnc4[nH]ccc34)ccc21. The highest BCUT2D eigenvalue weighted by atomic mass is 16.5. The fraction of sp³-hybridized carbons (Fsp3) is 0.152. The summed E-state index contributed by atoms with van der Waals surface area (Å²) >= 11 is 0. The van der Waals surface area contributed by atoms with Crippen LogP contribution in [0.25, 0.3) is 22.1 Å². The molecule has 8 N–H and O–H groups in total. The fourth-order valence-corrected chi connectivity index (χ4v) is 5.70. The Morgan fingerprint density at radius 1 is 0.750 bits per heavy atom. The van der Waals surface area contributed by atoms with Gasteiger partial charge in [0.05, 0.1) is 17.4 Å². The molecule has 220 valence electrons. The number of hydrogen-bond acceptors (Lipinski definition) is 7. The van der Waals surface area contributed by atoms with E-state index >= 15 is 0 Å². The highest BCUT2D eigenvalue weighted by molar-refractivity contribution is 6.09. The molecular formula is C33H30N8O3. The number of H-pyrrole nitrogens is 2. The van der Waals surface area contributed by atoms with E-state index in [4.69, 9.17) is 16.2 Å². The van der Waals surface area contributed by atoms with Crippen LogP contribution in [0.5, 0.6) is 5.75 Å². The molecule has 8 rings (SSSR count). The molecule has 5 heterocycles. The zero-order valence-electron chi connectivity index (χ0n) is 23.6. The fourth-order valence-electron chi connectivity index (χ4n) is 5.70. The molecule has 4 aromatic heterocycles. The predicted octanol–water partition coefficient (Wildman–Crippen LogP) is 4.97. The van der Waals surface area contributed by atoms with Crippen molar-refractivity contribution in [2.24, 2.45) is 11.5 Å². The summed E-state index contributed by atoms with van der Waals surface area (Å²) < 4.78 is 5.49. The van der Waals surface area contributed by atoms with Crippen LogP contribution in [-0.2, 0) is 6.42 Å². The van der Waals surface area contributed by atoms with E-state index in [-0.39, 0.29) is 23.9 Å². The second kappa shape index (κ2) is 11.3. The second-order valence-electron chi connectivity index (χ2n) is 10.8. The minimum atomic E-state index is -0.194. The molecule has 0 fully saturated rings. The number of nitrogens with zero attached hydrogens (tertiary/aromatic N) is 2. The van der Waals surface area contributed by atoms with Crippen LogP contribution < -0.4 is 26.8 Å². The van der Waals surface area contributed by atoms with Gasteiger partial charge in [-0.25, -0.2) is 9.97 Å². The maximum Gasteiger partial charge on any atom is 0.255 e. The van der Waals surface area contributed by atoms with Crippen molar-refractivity contribution in [2.75, 3.05) is 17.2 Å². The quantitative estimate of drug-likeness (QED) is 0.169. The molecule has 0 bridgehead atoms. The van der Waals surface area contributed by atoms with Gasteiger partial charge in [0.15, 0.2) is 0 Å². The molecule has 0 radical (unpaired) electrons. The molecule has 2 aliphatic rings. The molecule has 11 nitrogen and oxygen atoms in total. The third-order valence-corrected chi connectivity index (χ3v) is 8.04. The van der Waals surface area contributed by atoms with Gasteiger partial charge >= 0.3 is 0 Å². The van der Waals surface area contributed by atoms with Gasteiger partial charge in [0, 0.05) is 58.3 Å². The summed E-state index contributed by atoms with van der Waals surface area (Å²) in [5, 5.41) is 7.64. The molecule has 2 aromatic carbocycles. The molecule has 0 spiro atoms. The van der Waals surface area contributed by atoms with Crippen LogP contribution in [0.4, 0.5) is 11.4 Å². The van der Waals surface area contributed by atoms with Gasteiger partial charge in [0.2, 0.25) is 0 Å². The first-order chi connectivity index (χ1) is 21.4. The summed E-state index contributed by atoms with van der Waals surface area (Å²) in [4.78, 5) is 39.4. The zero-order chi connectivity index (χ0) is 30.2. The lowest BCUT2D eigenvalue weighted by molar-refractivity contribution is 0.101. The van der Waals surface area contributed by atoms with Gasteiger partial charge in [-0.05, 0) is 72.5 Å². The summed E-state index contributed by atoms with van der Waals surface area (Å²) in [6, 6.07) is 18.4. The van der Waals surface area contributed by atoms with Gasteiger partial charge in [0.1, 0.15) is 23.7 Å². The summed E-state index contributed by atoms with van der Waals surface area (Å²) in [6.07, 6.45) is 8.82. The molecule has 44 heavy (non-hydrogen) atoms. The van der Waals surface area contributed by atoms with Crippen LogP contribution in [0, 0.1) is 0 Å². The van der Waals surface area contributed by atoms with Crippen molar-refractivity contribution in [3.63, 3.8) is 0 Å². The van der Waals surface area contributed by atoms with Crippen molar-refractivity contribution < 1.29 is 14.3 Å². The van der Waals surface area contributed by atoms with E-state index < -0.39 is 0 Å². The van der Waals surface area contributed by atoms with Crippen LogP contribution >= 0.6 is 0 Å². The third-order valence-electron chi connectivity index (χ3n) is 8.04. The number of carbonyl (C=O) groups is 2. The maximum absolute atomic E-state index is 12.5. The highest BCUT2D eigenvalue weighted by Crippen LogP contribution is 2.32. The lowest BCUT2D eigenvalue weighted by Crippen LogP contribution is -2.13. The summed E-state index contributed by atoms with van der Waals surface area (Å²) in [6.45, 7) is 0.453. The van der Waals surface area contributed by atoms with E-state index in [0.717, 1.165) is 57.4 Å². The number of aryl methyl sites for hydroxylation is 1. The molecule has 2 amide bonds. The average Bonchev–Trinajstić information content (AvgIpc) is 3.85. The Balaban J connectivity index is 0.000000142. The number of carbonyl (C=O) groups excluding carboxylic acids is 2. The van der Waals surface area contributed by atoms with Crippen LogP contribution in [0.15, 0.2) is 85.5 Å². The van der Waals surface area contributed by atoms with Gasteiger partial charge in [-0.3, -0.25) is 9.59 Å². The Kier molecular flexibility index (Phi) is 7.01. The number of aromatic nitrogens is 4. The zero-order valence-corrected chi connectivity index (χ0v) is 23.6. The van der Waals surface area contributed by atoms with E-state index in [9.17, 15) is 9.59 Å². The Bertz CT molecular complexity index is 1890. The topological polar surface area (TPSA) is 177 Å². The van der Waals surface area contributed by atoms with Gasteiger partial charge < -0.3 is 36.8 Å². The third kappa shape index (κ3) is 5.14. The first-order valence-electron chi connectivity index (χ1n) is 14.3. The largest absolute Gasteiger partial charge is 0.491 e. The van der Waals surface area contributed by atoms with E-state index in [1.54, 1.807) is 42.9 Å². The Labute approximate surface area is 252 Å². The van der Waals surface area contributed by atoms with E-state index in [0.29, 0.717) is 23.5 Å². The standard InChI is InChI=1S/C17H16N4O.C16H14N4O2/c18-14-4-2-10-9-11(1-3-12(10)14)17(22)21-15-6-8-20-16-13(15)5-7-19-16;17-12-8-22-14-7-9(1-2-10(12)14)16(21)20-13-4-6-19-15-11(13)3-5-18-15/h1,3,5-9,14H,2,4,18H2,(H2,19,20,21,22);1-7,12H,8,17H2,(H2,18,19,20,21)/t14-;/m0./s1. The molecule has 1 aliphatic heterocycles. The summed E-state index contributed by atoms with van der Waals surface area (Å²) in [5.74, 6) is 0.374. The van der Waals surface area contributed by atoms with Crippen molar-refractivity contribution in [3.8, 4) is 5.75 Å². The maximum atomic E-state index is 12.5. The monoisotopic (exact) mass is 586 g/mol. The van der Waals surface area contributed by atoms with Crippen LogP contribution in [0.1, 0.15) is 55.9 Å². The Morgan fingerprint density at radius 2 is 1.34 bits per heavy atom. The highest BCUT2D eigenvalue weighted by Gasteiger charge is 2.22. The van der Waals surface area contributed by atoms with Gasteiger partial charge in [-0.1, -0.05) is 12.1 Å². The average molecular weight is 587 g/mol. The summed E-state index contributed by atoms with van der Waals surface area (Å²) in [5.41, 5.74) is 19.4. The number of nitrogens with one attached hydrogen (secondary N) is 4. The molecule has 0 saturated heterocycles. The van der Waals surface area contributed by atoms with Crippen molar-refractivity contribution in [1.29, 1.82) is 0 Å². The van der Waals surface area contributed by atoms with E-state index in [2.05, 4.69) is 30.6 Å². The number of benzene rings is 2. The number of aromatic amines is 2. The Morgan fingerprint density at radius 3 is 1.98 bits per heavy atom. The number of anilines is 2. The Hall–Kier alpha value is -5.52. The second-order valence-corrected chi connectivity index (χ2v) is 10.8. The van der Waals surface area contributed by atoms with Crippen molar-refractivity contribution in [1.82, 2.24) is 19.9 Å². The number of hydrogen-bond donors (Lipinski definition) is 6. The lowest BCUT2D eigenvalue weighted by atomic mass is 10.0. The van der Waals surface area contributed by atoms with E-state index in [1.807, 2.05) is 42.6 Å². The molecule has 6 aromatic rings. The molecule has 11 heteroatoms. The molecule has 2 atom stereocenters. The predicted molar refractivity (Wildman–Crippen MR) is 169 cm³/mol. The normalized spacial score (nSPS) is 16.5. The van der Waals surface area contributed by atoms with Gasteiger partial charge in [-0.2, -0.15) is 0 Å². The number of fused-ring (bicyclic) bond motifs is 4. The minimum Gasteiger partial charge on any atom is -0.491 e. The number of pyridine rings is 2. The lowest BCUT2D eigenvalue weighted by Gasteiger charge is -2.09. The van der Waals surface area contributed by atoms with E-state index in [1.165, 1.54) is 5.56 Å². The molecule has 0 saturated carbocycles. The number of nitrogens with two attached hydrogens (primary N) is 2. The first kappa shape index (κ1) is 27.3. The smallest absolute Gasteiger partial charge is 0.255 e. The van der Waals surface area contributed by atoms with Crippen molar-refractivity contribution in [2.45, 2.75) is 24.9 Å². The molecule has 1 aliphatic carbocycles. The summed E-state index contributed by atoms with van der Waals surface area (Å²) in [7, 11) is 0.